The van der Waals surface area contributed by atoms with Crippen molar-refractivity contribution in [3.05, 3.63) is 183 Å². The minimum atomic E-state index is -0.125. The van der Waals surface area contributed by atoms with E-state index in [1.54, 1.807) is 5.56 Å². The van der Waals surface area contributed by atoms with Crippen LogP contribution in [0.3, 0.4) is 0 Å². The molecule has 8 aliphatic rings. The number of benzene rings is 6. The van der Waals surface area contributed by atoms with Crippen molar-refractivity contribution in [1.82, 2.24) is 14.4 Å². The number of hydrogen-bond donors (Lipinski definition) is 0. The van der Waals surface area contributed by atoms with Crippen molar-refractivity contribution in [2.45, 2.75) is 139 Å². The number of rotatable bonds is 1. The summed E-state index contributed by atoms with van der Waals surface area (Å²) in [6, 6.07) is 41.4. The van der Waals surface area contributed by atoms with E-state index in [1.807, 2.05) is 0 Å². The van der Waals surface area contributed by atoms with Crippen LogP contribution in [0.15, 0.2) is 116 Å². The Labute approximate surface area is 417 Å². The molecule has 3 nitrogen and oxygen atoms in total. The first kappa shape index (κ1) is 40.3. The molecule has 8 aliphatic carbocycles. The Hall–Kier alpha value is -6.32. The Balaban J connectivity index is 1.01. The number of fused-ring (bicyclic) bond motifs is 19. The smallest absolute Gasteiger partial charge is 0.0728 e. The van der Waals surface area contributed by atoms with Gasteiger partial charge in [-0.2, -0.15) is 0 Å². The van der Waals surface area contributed by atoms with Gasteiger partial charge in [-0.15, -0.1) is 0 Å². The fourth-order valence-electron chi connectivity index (χ4n) is 17.3. The maximum Gasteiger partial charge on any atom is 0.0728 e. The molecule has 0 saturated heterocycles. The summed E-state index contributed by atoms with van der Waals surface area (Å²) in [6.07, 6.45) is 12.6. The zero-order valence-corrected chi connectivity index (χ0v) is 42.5. The van der Waals surface area contributed by atoms with Gasteiger partial charge in [-0.05, 0) is 174 Å². The van der Waals surface area contributed by atoms with Gasteiger partial charge in [0.25, 0.3) is 0 Å². The molecule has 6 aromatic carbocycles. The van der Waals surface area contributed by atoms with E-state index in [4.69, 9.17) is 9.97 Å². The van der Waals surface area contributed by atoms with Crippen LogP contribution >= 0.6 is 0 Å². The molecule has 18 rings (SSSR count). The van der Waals surface area contributed by atoms with Crippen molar-refractivity contribution < 1.29 is 0 Å². The van der Waals surface area contributed by atoms with Gasteiger partial charge in [-0.1, -0.05) is 140 Å². The second-order valence-corrected chi connectivity index (χ2v) is 26.4. The molecule has 4 bridgehead atoms. The molecule has 1 spiro atoms. The van der Waals surface area contributed by atoms with E-state index in [0.717, 1.165) is 11.8 Å². The molecule has 5 unspecified atom stereocenters. The average molecular weight is 920 g/mol. The Kier molecular flexibility index (Phi) is 7.17. The number of aromatic nitrogens is 3. The van der Waals surface area contributed by atoms with Crippen molar-refractivity contribution in [3.8, 4) is 22.3 Å². The highest BCUT2D eigenvalue weighted by molar-refractivity contribution is 6.27. The molecule has 10 aromatic rings. The summed E-state index contributed by atoms with van der Waals surface area (Å²) in [5.74, 6) is 3.31. The minimum Gasteiger partial charge on any atom is -0.305 e. The molecule has 4 aromatic heterocycles. The van der Waals surface area contributed by atoms with Crippen LogP contribution in [-0.2, 0) is 21.7 Å². The number of hydrogen-bond acceptors (Lipinski definition) is 2. The van der Waals surface area contributed by atoms with Crippen LogP contribution in [0.4, 0.5) is 0 Å². The molecule has 4 heterocycles. The highest BCUT2D eigenvalue weighted by atomic mass is 15.0. The lowest BCUT2D eigenvalue weighted by atomic mass is 9.42. The predicted octanol–water partition coefficient (Wildman–Crippen LogP) is 17.0. The summed E-state index contributed by atoms with van der Waals surface area (Å²) in [4.78, 5) is 11.4. The monoisotopic (exact) mass is 919 g/mol. The second kappa shape index (κ2) is 12.6. The SMILES string of the molecule is CC(C)(C)c1ccc2c(c1)C1c3ncc4c(c3C3c5cc(C(C)(C)C)ccc5C213)c1cc(-c2cc3c(c5ccccc25)-c2ccccc2C3(C)C)cc2c3c5c(ncc3n4c21)C1CCC(CC2CC5C2)C1. The maximum atomic E-state index is 5.79. The van der Waals surface area contributed by atoms with Gasteiger partial charge in [-0.25, -0.2) is 0 Å². The van der Waals surface area contributed by atoms with Gasteiger partial charge < -0.3 is 4.40 Å². The van der Waals surface area contributed by atoms with Gasteiger partial charge in [0, 0.05) is 55.8 Å². The molecule has 71 heavy (non-hydrogen) atoms. The average Bonchev–Trinajstić information content (AvgIpc) is 4.15. The van der Waals surface area contributed by atoms with Crippen LogP contribution in [0.2, 0.25) is 0 Å². The zero-order valence-electron chi connectivity index (χ0n) is 42.5. The molecular formula is C68H61N3. The molecule has 0 N–H and O–H groups in total. The lowest BCUT2D eigenvalue weighted by Crippen LogP contribution is -2.53. The molecule has 3 heteroatoms. The van der Waals surface area contributed by atoms with Crippen molar-refractivity contribution in [1.29, 1.82) is 0 Å². The molecule has 2 saturated carbocycles. The number of pyridine rings is 2. The normalized spacial score (nSPS) is 25.9. The van der Waals surface area contributed by atoms with E-state index in [-0.39, 0.29) is 33.5 Å². The van der Waals surface area contributed by atoms with Gasteiger partial charge in [0.05, 0.1) is 34.6 Å². The second-order valence-electron chi connectivity index (χ2n) is 26.4. The van der Waals surface area contributed by atoms with Crippen molar-refractivity contribution in [2.75, 3.05) is 0 Å². The van der Waals surface area contributed by atoms with Crippen molar-refractivity contribution in [3.63, 3.8) is 0 Å². The topological polar surface area (TPSA) is 30.2 Å². The summed E-state index contributed by atoms with van der Waals surface area (Å²) >= 11 is 0. The van der Waals surface area contributed by atoms with Gasteiger partial charge >= 0.3 is 0 Å². The molecule has 348 valence electrons. The summed E-state index contributed by atoms with van der Waals surface area (Å²) in [5, 5.41) is 8.39. The standard InChI is InChI=1S/C68H61N3/c1-65(2,3)39-19-21-50-45(29-39)60-59-58-48-28-37(44-31-52-56(42-14-10-9-13-41(42)44)43-15-11-12-16-49(43)67(52,7)8)27-47-57-53(32-69-62-36-18-17-34(24-36)23-35-25-38(26-35)55(57)62)71(64(47)48)54(58)33-70-63(59)61-46-30-40(66(4,5)6)20-22-51(46)68(50,60)61/h9-16,19-22,27-36,38,60-61H,17-18,23-26H2,1-8H3. The van der Waals surface area contributed by atoms with E-state index in [2.05, 4.69) is 175 Å². The summed E-state index contributed by atoms with van der Waals surface area (Å²) in [7, 11) is 0. The fraction of sp³-hybridized carbons (Fsp3) is 0.353. The molecule has 0 amide bonds. The van der Waals surface area contributed by atoms with Gasteiger partial charge in [0.15, 0.2) is 0 Å². The Bertz CT molecular complexity index is 4100. The van der Waals surface area contributed by atoms with Crippen LogP contribution < -0.4 is 0 Å². The Morgan fingerprint density at radius 2 is 1.14 bits per heavy atom. The van der Waals surface area contributed by atoms with E-state index in [1.165, 1.54) is 171 Å². The summed E-state index contributed by atoms with van der Waals surface area (Å²) in [6.45, 7) is 19.1. The van der Waals surface area contributed by atoms with Crippen LogP contribution in [0.25, 0.3) is 71.1 Å². The number of nitrogens with zero attached hydrogens (tertiary/aromatic N) is 3. The highest BCUT2D eigenvalue weighted by Crippen LogP contribution is 2.78. The molecule has 0 aliphatic heterocycles. The molecular weight excluding hydrogens is 859 g/mol. The van der Waals surface area contributed by atoms with Crippen LogP contribution in [0, 0.1) is 11.8 Å². The largest absolute Gasteiger partial charge is 0.305 e. The van der Waals surface area contributed by atoms with Crippen molar-refractivity contribution in [2.24, 2.45) is 11.8 Å². The Morgan fingerprint density at radius 1 is 0.521 bits per heavy atom. The highest BCUT2D eigenvalue weighted by Gasteiger charge is 2.71. The molecule has 0 radical (unpaired) electrons. The summed E-state index contributed by atoms with van der Waals surface area (Å²) < 4.78 is 2.66. The lowest BCUT2D eigenvalue weighted by molar-refractivity contribution is 0.217. The summed E-state index contributed by atoms with van der Waals surface area (Å²) in [5.41, 5.74) is 26.8. The van der Waals surface area contributed by atoms with E-state index in [9.17, 15) is 0 Å². The first-order valence-electron chi connectivity index (χ1n) is 27.2. The minimum absolute atomic E-state index is 0.0455. The maximum absolute atomic E-state index is 5.79. The third kappa shape index (κ3) is 4.63. The van der Waals surface area contributed by atoms with Gasteiger partial charge in [-0.3, -0.25) is 9.97 Å². The van der Waals surface area contributed by atoms with Crippen LogP contribution in [0.5, 0.6) is 0 Å². The third-order valence-corrected chi connectivity index (χ3v) is 20.6. The van der Waals surface area contributed by atoms with E-state index >= 15 is 0 Å². The third-order valence-electron chi connectivity index (χ3n) is 20.6. The van der Waals surface area contributed by atoms with Crippen LogP contribution in [-0.4, -0.2) is 14.4 Å². The lowest BCUT2D eigenvalue weighted by Gasteiger charge is -2.58. The fourth-order valence-corrected chi connectivity index (χ4v) is 17.3. The van der Waals surface area contributed by atoms with E-state index < -0.39 is 0 Å². The molecule has 5 atom stereocenters. The first-order chi connectivity index (χ1) is 34.2. The van der Waals surface area contributed by atoms with Gasteiger partial charge in [0.2, 0.25) is 0 Å². The van der Waals surface area contributed by atoms with E-state index in [0.29, 0.717) is 11.8 Å². The zero-order chi connectivity index (χ0) is 47.6. The van der Waals surface area contributed by atoms with Crippen LogP contribution in [0.1, 0.15) is 185 Å². The Morgan fingerprint density at radius 3 is 1.85 bits per heavy atom. The molecule has 2 fully saturated rings. The quantitative estimate of drug-likeness (QED) is 0.164. The predicted molar refractivity (Wildman–Crippen MR) is 292 cm³/mol. The van der Waals surface area contributed by atoms with Gasteiger partial charge in [0.1, 0.15) is 0 Å². The van der Waals surface area contributed by atoms with Crippen molar-refractivity contribution >= 4 is 48.9 Å². The first-order valence-corrected chi connectivity index (χ1v) is 27.2.